The van der Waals surface area contributed by atoms with Gasteiger partial charge >= 0.3 is 5.97 Å². The van der Waals surface area contributed by atoms with Gasteiger partial charge in [-0.1, -0.05) is 66.4 Å². The van der Waals surface area contributed by atoms with Crippen LogP contribution in [-0.2, 0) is 30.6 Å². The number of amides is 1. The molecule has 0 radical (unpaired) electrons. The van der Waals surface area contributed by atoms with Crippen LogP contribution in [0.2, 0.25) is 5.15 Å². The lowest BCUT2D eigenvalue weighted by molar-refractivity contribution is 0.0606. The van der Waals surface area contributed by atoms with E-state index in [0.717, 1.165) is 149 Å². The molecular formula is C54H74ClN14O9S2-. The van der Waals surface area contributed by atoms with Crippen molar-refractivity contribution in [3.8, 4) is 0 Å². The Labute approximate surface area is 474 Å². The third kappa shape index (κ3) is 16.0. The summed E-state index contributed by atoms with van der Waals surface area (Å²) in [6.07, 6.45) is 15.5. The number of morpholine rings is 2. The first-order chi connectivity index (χ1) is 38.4. The summed E-state index contributed by atoms with van der Waals surface area (Å²) in [6, 6.07) is 17.7. The Kier molecular flexibility index (Phi) is 20.8. The Morgan fingerprint density at radius 1 is 0.738 bits per heavy atom. The first-order valence-corrected chi connectivity index (χ1v) is 31.1. The first kappa shape index (κ1) is 59.8. The molecule has 3 atom stereocenters. The normalized spacial score (nSPS) is 19.5. The molecule has 23 nitrogen and oxygen atoms in total. The maximum Gasteiger partial charge on any atom is 0.337 e. The number of carbonyl (C=O) groups excluding carboxylic acids is 1. The van der Waals surface area contributed by atoms with E-state index in [2.05, 4.69) is 41.9 Å². The molecule has 0 bridgehead atoms. The Morgan fingerprint density at radius 3 is 1.90 bits per heavy atom. The van der Waals surface area contributed by atoms with Gasteiger partial charge in [-0.15, -0.1) is 0 Å². The quantitative estimate of drug-likeness (QED) is 0.0589. The third-order valence-corrected chi connectivity index (χ3v) is 15.2. The van der Waals surface area contributed by atoms with E-state index in [-0.39, 0.29) is 28.8 Å². The molecule has 26 heteroatoms. The number of anilines is 6. The van der Waals surface area contributed by atoms with Crippen LogP contribution >= 0.6 is 11.6 Å². The minimum absolute atomic E-state index is 0.171. The smallest absolute Gasteiger partial charge is 0.337 e. The zero-order chi connectivity index (χ0) is 56.9. The number of likely N-dealkylation sites (tertiary alicyclic amines) is 1. The van der Waals surface area contributed by atoms with Gasteiger partial charge in [-0.3, -0.25) is 13.7 Å². The van der Waals surface area contributed by atoms with E-state index >= 15 is 0 Å². The fraction of sp³-hybridized carbons (Fsp3) is 0.519. The zero-order valence-electron chi connectivity index (χ0n) is 45.7. The number of fused-ring (bicyclic) bond motifs is 2. The average Bonchev–Trinajstić information content (AvgIpc) is 4.04. The van der Waals surface area contributed by atoms with E-state index in [0.29, 0.717) is 42.3 Å². The van der Waals surface area contributed by atoms with Gasteiger partial charge in [-0.05, 0) is 88.6 Å². The Hall–Kier alpha value is -6.35. The number of benzene rings is 2. The van der Waals surface area contributed by atoms with Gasteiger partial charge < -0.3 is 55.5 Å². The number of aromatic nitrogens is 6. The third-order valence-electron chi connectivity index (χ3n) is 14.4. The molecule has 80 heavy (non-hydrogen) atoms. The van der Waals surface area contributed by atoms with Gasteiger partial charge in [0, 0.05) is 81.5 Å². The Morgan fingerprint density at radius 2 is 1.34 bits per heavy atom. The van der Waals surface area contributed by atoms with Gasteiger partial charge in [0.1, 0.15) is 22.6 Å². The number of aryl methyl sites for hydroxylation is 1. The van der Waals surface area contributed by atoms with Gasteiger partial charge in [-0.2, -0.15) is 19.2 Å². The molecule has 1 aliphatic carbocycles. The first-order valence-electron chi connectivity index (χ1n) is 27.3. The van der Waals surface area contributed by atoms with Crippen molar-refractivity contribution >= 4 is 90.4 Å². The second-order valence-electron chi connectivity index (χ2n) is 20.5. The second-order valence-corrected chi connectivity index (χ2v) is 23.5. The zero-order valence-corrected chi connectivity index (χ0v) is 48.1. The fourth-order valence-electron chi connectivity index (χ4n) is 9.86. The summed E-state index contributed by atoms with van der Waals surface area (Å²) in [7, 11) is -3.59. The molecule has 5 saturated heterocycles. The Balaban J connectivity index is 0.000000170. The molecule has 2 aromatic carbocycles. The number of halogens is 1. The lowest BCUT2D eigenvalue weighted by Crippen LogP contribution is -2.40. The fourth-order valence-corrected chi connectivity index (χ4v) is 10.6. The summed E-state index contributed by atoms with van der Waals surface area (Å²) in [6.45, 7) is 11.4. The lowest BCUT2D eigenvalue weighted by Gasteiger charge is -2.35. The van der Waals surface area contributed by atoms with Gasteiger partial charge in [-0.25, -0.2) is 23.2 Å². The predicted molar refractivity (Wildman–Crippen MR) is 311 cm³/mol. The van der Waals surface area contributed by atoms with Crippen molar-refractivity contribution < 1.29 is 41.3 Å². The molecule has 9 heterocycles. The number of carboxylic acids is 1. The monoisotopic (exact) mass is 1160 g/mol. The molecular weight excluding hydrogens is 1090 g/mol. The van der Waals surface area contributed by atoms with Gasteiger partial charge in [0.05, 0.1) is 73.0 Å². The number of nitrogen functional groups attached to an aromatic ring is 2. The number of carbonyl (C=O) groups is 2. The molecule has 1 saturated carbocycles. The van der Waals surface area contributed by atoms with Crippen LogP contribution in [0, 0.1) is 6.92 Å². The molecule has 12 rings (SSSR count). The molecule has 6 aliphatic rings. The molecule has 434 valence electrons. The van der Waals surface area contributed by atoms with Crippen molar-refractivity contribution in [3.05, 3.63) is 93.9 Å². The molecule has 6 fully saturated rings. The van der Waals surface area contributed by atoms with E-state index in [1.54, 1.807) is 29.2 Å². The van der Waals surface area contributed by atoms with Crippen LogP contribution in [-0.4, -0.2) is 160 Å². The highest BCUT2D eigenvalue weighted by Crippen LogP contribution is 2.36. The van der Waals surface area contributed by atoms with E-state index < -0.39 is 27.1 Å². The highest BCUT2D eigenvalue weighted by atomic mass is 35.5. The standard InChI is InChI=1S/C26H34N8O4S.C15H20ClN5O.C8H9NO2.C4H8.CH4O2S/c1-39(36,37)30-20-7-6-18(27)15-19(20)26(35)33-10-3-2-5-22(33)21-16-24-28-23(31-8-4-9-31)17-25(34(24)29-21)32-11-13-38-14-12-32;16-13-10-15(20-5-7-22-8-6-20)21-14(18-13)9-12(19-21)11-3-1-2-4-17-11;1-5-2-3-7(9)6(4-5)8(10)11;1-2-4-3-1;1-4(2)3/h6-7,15-17,22,30H,2-5,8-14,27H2,1H3;9-11,17H,1-8H2;2-4H,9H2,1H3,(H,10,11);1-4H2;1H3,(H,2,3)/p-1/t22-;11-;;;/m00.../s1. The summed E-state index contributed by atoms with van der Waals surface area (Å²) in [5, 5.41) is 22.5. The molecule has 6 aromatic rings. The summed E-state index contributed by atoms with van der Waals surface area (Å²) in [5.74, 6) is 1.65. The van der Waals surface area contributed by atoms with Crippen molar-refractivity contribution in [2.45, 2.75) is 89.6 Å². The summed E-state index contributed by atoms with van der Waals surface area (Å²) in [4.78, 5) is 42.4. The predicted octanol–water partition coefficient (Wildman–Crippen LogP) is 6.46. The second kappa shape index (κ2) is 27.9. The summed E-state index contributed by atoms with van der Waals surface area (Å²) >= 11 is 4.35. The molecule has 5 aliphatic heterocycles. The number of carboxylic acid groups (broad SMARTS) is 1. The van der Waals surface area contributed by atoms with Crippen molar-refractivity contribution in [2.75, 3.05) is 122 Å². The van der Waals surface area contributed by atoms with Crippen LogP contribution in [0.4, 0.5) is 34.5 Å². The lowest BCUT2D eigenvalue weighted by atomic mass is 9.97. The number of aromatic carboxylic acids is 1. The molecule has 1 amide bonds. The number of sulfonamides is 1. The van der Waals surface area contributed by atoms with E-state index in [4.69, 9.17) is 61.6 Å². The molecule has 1 unspecified atom stereocenters. The molecule has 0 spiro atoms. The largest absolute Gasteiger partial charge is 0.773 e. The van der Waals surface area contributed by atoms with E-state index in [9.17, 15) is 18.0 Å². The maximum atomic E-state index is 13.9. The van der Waals surface area contributed by atoms with E-state index in [1.807, 2.05) is 28.1 Å². The van der Waals surface area contributed by atoms with Crippen molar-refractivity contribution in [2.24, 2.45) is 0 Å². The number of hydrogen-bond donors (Lipinski definition) is 5. The number of nitrogens with zero attached hydrogens (tertiary/aromatic N) is 10. The number of hydrogen-bond acceptors (Lipinski definition) is 18. The van der Waals surface area contributed by atoms with Gasteiger partial charge in [0.15, 0.2) is 11.3 Å². The van der Waals surface area contributed by atoms with Crippen molar-refractivity contribution in [1.82, 2.24) is 39.4 Å². The Bertz CT molecular complexity index is 3200. The van der Waals surface area contributed by atoms with Crippen LogP contribution in [0.15, 0.2) is 60.7 Å². The average molecular weight is 1160 g/mol. The van der Waals surface area contributed by atoms with Crippen molar-refractivity contribution in [3.63, 3.8) is 0 Å². The summed E-state index contributed by atoms with van der Waals surface area (Å²) < 4.78 is 59.3. The number of nitrogens with two attached hydrogens (primary N) is 2. The van der Waals surface area contributed by atoms with Crippen LogP contribution in [0.5, 0.6) is 0 Å². The highest BCUT2D eigenvalue weighted by Gasteiger charge is 2.33. The van der Waals surface area contributed by atoms with Gasteiger partial charge in [0.25, 0.3) is 5.91 Å². The number of nitrogens with one attached hydrogen (secondary N) is 2. The van der Waals surface area contributed by atoms with Crippen molar-refractivity contribution in [1.29, 1.82) is 0 Å². The maximum absolute atomic E-state index is 13.9. The van der Waals surface area contributed by atoms with E-state index in [1.165, 1.54) is 50.7 Å². The van der Waals surface area contributed by atoms with Crippen LogP contribution < -0.4 is 36.2 Å². The molecule has 4 aromatic heterocycles. The number of piperidine rings is 2. The minimum atomic E-state index is -3.59. The highest BCUT2D eigenvalue weighted by molar-refractivity contribution is 7.92. The minimum Gasteiger partial charge on any atom is -0.773 e. The van der Waals surface area contributed by atoms with Crippen LogP contribution in [0.25, 0.3) is 11.3 Å². The molecule has 7 N–H and O–H groups in total. The number of rotatable bonds is 9. The number of ether oxygens (including phenoxy) is 2. The summed E-state index contributed by atoms with van der Waals surface area (Å²) in [5.41, 5.74) is 17.0. The topological polar surface area (TPSA) is 297 Å². The van der Waals surface area contributed by atoms with Crippen LogP contribution in [0.3, 0.4) is 0 Å². The SMILES string of the molecule is C1CCC1.CS(=O)(=O)Nc1ccc(N)cc1C(=O)N1CCCC[C@H]1c1cc2nc(N3CCC3)cc(N3CCOCC3)n2n1.CS(=O)[O-].Cc1ccc(N)c(C(=O)O)c1.Clc1cc(N2CCOCC2)n2nc([C@@H]3CCCCN3)cc2n1. The van der Waals surface area contributed by atoms with Gasteiger partial charge in [0.2, 0.25) is 10.0 Å². The van der Waals surface area contributed by atoms with Crippen LogP contribution in [0.1, 0.15) is 120 Å².